The molecule has 0 saturated heterocycles. The van der Waals surface area contributed by atoms with Gasteiger partial charge in [0.15, 0.2) is 0 Å². The molecule has 1 aromatic heterocycles. The van der Waals surface area contributed by atoms with Crippen LogP contribution in [0.25, 0.3) is 0 Å². The Bertz CT molecular complexity index is 558. The molecule has 100 valence electrons. The molecule has 3 nitrogen and oxygen atoms in total. The van der Waals surface area contributed by atoms with Crippen LogP contribution in [0.5, 0.6) is 11.5 Å². The van der Waals surface area contributed by atoms with Gasteiger partial charge in [0.1, 0.15) is 11.5 Å². The maximum atomic E-state index is 6.00. The van der Waals surface area contributed by atoms with Gasteiger partial charge in [0.05, 0.1) is 6.20 Å². The van der Waals surface area contributed by atoms with Crippen LogP contribution in [0.3, 0.4) is 0 Å². The van der Waals surface area contributed by atoms with E-state index in [2.05, 4.69) is 17.2 Å². The minimum Gasteiger partial charge on any atom is -0.455 e. The van der Waals surface area contributed by atoms with Gasteiger partial charge in [-0.15, -0.1) is 0 Å². The molecule has 1 aromatic carbocycles. The Morgan fingerprint density at radius 1 is 1.26 bits per heavy atom. The highest BCUT2D eigenvalue weighted by Crippen LogP contribution is 2.29. The molecule has 0 bridgehead atoms. The SMILES string of the molecule is CCNCc1ccncc1Oc1cc(Cl)ccc1C. The van der Waals surface area contributed by atoms with E-state index in [4.69, 9.17) is 16.3 Å². The van der Waals surface area contributed by atoms with E-state index in [1.54, 1.807) is 12.4 Å². The minimum atomic E-state index is 0.665. The summed E-state index contributed by atoms with van der Waals surface area (Å²) < 4.78 is 5.93. The minimum absolute atomic E-state index is 0.665. The summed E-state index contributed by atoms with van der Waals surface area (Å²) in [7, 11) is 0. The topological polar surface area (TPSA) is 34.2 Å². The number of nitrogens with one attached hydrogen (secondary N) is 1. The maximum Gasteiger partial charge on any atom is 0.150 e. The predicted octanol–water partition coefficient (Wildman–Crippen LogP) is 3.95. The zero-order chi connectivity index (χ0) is 13.7. The molecule has 0 atom stereocenters. The van der Waals surface area contributed by atoms with Crippen molar-refractivity contribution in [2.45, 2.75) is 20.4 Å². The molecule has 0 radical (unpaired) electrons. The van der Waals surface area contributed by atoms with Crippen molar-refractivity contribution in [1.29, 1.82) is 0 Å². The number of hydrogen-bond donors (Lipinski definition) is 1. The third-order valence-corrected chi connectivity index (χ3v) is 3.04. The van der Waals surface area contributed by atoms with Crippen molar-refractivity contribution < 1.29 is 4.74 Å². The lowest BCUT2D eigenvalue weighted by molar-refractivity contribution is 0.467. The van der Waals surface area contributed by atoms with Crippen LogP contribution in [0.2, 0.25) is 5.02 Å². The Balaban J connectivity index is 2.25. The normalized spacial score (nSPS) is 10.5. The van der Waals surface area contributed by atoms with Gasteiger partial charge in [0, 0.05) is 23.3 Å². The van der Waals surface area contributed by atoms with Gasteiger partial charge in [-0.1, -0.05) is 24.6 Å². The quantitative estimate of drug-likeness (QED) is 0.898. The van der Waals surface area contributed by atoms with E-state index >= 15 is 0 Å². The van der Waals surface area contributed by atoms with Crippen LogP contribution in [0.1, 0.15) is 18.1 Å². The molecular weight excluding hydrogens is 260 g/mol. The number of aromatic nitrogens is 1. The lowest BCUT2D eigenvalue weighted by atomic mass is 10.2. The molecule has 19 heavy (non-hydrogen) atoms. The van der Waals surface area contributed by atoms with Crippen LogP contribution in [0.15, 0.2) is 36.7 Å². The third kappa shape index (κ3) is 3.69. The van der Waals surface area contributed by atoms with E-state index < -0.39 is 0 Å². The zero-order valence-corrected chi connectivity index (χ0v) is 11.9. The fraction of sp³-hybridized carbons (Fsp3) is 0.267. The maximum absolute atomic E-state index is 6.00. The molecule has 2 aromatic rings. The van der Waals surface area contributed by atoms with Gasteiger partial charge >= 0.3 is 0 Å². The fourth-order valence-electron chi connectivity index (χ4n) is 1.71. The van der Waals surface area contributed by atoms with Crippen molar-refractivity contribution in [3.8, 4) is 11.5 Å². The monoisotopic (exact) mass is 276 g/mol. The molecule has 0 spiro atoms. The van der Waals surface area contributed by atoms with Gasteiger partial charge in [0.25, 0.3) is 0 Å². The Kier molecular flexibility index (Phi) is 4.77. The molecule has 0 aliphatic heterocycles. The molecular formula is C15H17ClN2O. The zero-order valence-electron chi connectivity index (χ0n) is 11.1. The molecule has 0 aliphatic rings. The second kappa shape index (κ2) is 6.55. The Morgan fingerprint density at radius 3 is 2.89 bits per heavy atom. The number of rotatable bonds is 5. The Hall–Kier alpha value is -1.58. The lowest BCUT2D eigenvalue weighted by Gasteiger charge is -2.12. The number of pyridine rings is 1. The number of nitrogens with zero attached hydrogens (tertiary/aromatic N) is 1. The average molecular weight is 277 g/mol. The molecule has 0 saturated carbocycles. The van der Waals surface area contributed by atoms with Gasteiger partial charge in [-0.2, -0.15) is 0 Å². The first-order valence-corrected chi connectivity index (χ1v) is 6.66. The van der Waals surface area contributed by atoms with E-state index in [1.807, 2.05) is 31.2 Å². The summed E-state index contributed by atoms with van der Waals surface area (Å²) in [5, 5.41) is 3.95. The van der Waals surface area contributed by atoms with E-state index in [-0.39, 0.29) is 0 Å². The summed E-state index contributed by atoms with van der Waals surface area (Å²) in [6.45, 7) is 5.74. The lowest BCUT2D eigenvalue weighted by Crippen LogP contribution is -2.12. The number of aryl methyl sites for hydroxylation is 1. The highest BCUT2D eigenvalue weighted by Gasteiger charge is 2.07. The van der Waals surface area contributed by atoms with E-state index in [9.17, 15) is 0 Å². The summed E-state index contributed by atoms with van der Waals surface area (Å²) in [5.41, 5.74) is 2.12. The van der Waals surface area contributed by atoms with Gasteiger partial charge in [0.2, 0.25) is 0 Å². The standard InChI is InChI=1S/C15H17ClN2O/c1-3-17-9-12-6-7-18-10-15(12)19-14-8-13(16)5-4-11(14)2/h4-8,10,17H,3,9H2,1-2H3. The van der Waals surface area contributed by atoms with Crippen molar-refractivity contribution in [3.05, 3.63) is 52.8 Å². The molecule has 1 heterocycles. The Labute approximate surface area is 118 Å². The predicted molar refractivity (Wildman–Crippen MR) is 77.9 cm³/mol. The van der Waals surface area contributed by atoms with Crippen LogP contribution in [-0.2, 0) is 6.54 Å². The molecule has 1 N–H and O–H groups in total. The van der Waals surface area contributed by atoms with Gasteiger partial charge < -0.3 is 10.1 Å². The number of hydrogen-bond acceptors (Lipinski definition) is 3. The van der Waals surface area contributed by atoms with E-state index in [1.165, 1.54) is 0 Å². The smallest absolute Gasteiger partial charge is 0.150 e. The first-order chi connectivity index (χ1) is 9.20. The van der Waals surface area contributed by atoms with Gasteiger partial charge in [-0.25, -0.2) is 0 Å². The summed E-state index contributed by atoms with van der Waals surface area (Å²) in [6.07, 6.45) is 3.50. The molecule has 0 aliphatic carbocycles. The molecule has 0 amide bonds. The van der Waals surface area contributed by atoms with Crippen molar-refractivity contribution in [2.24, 2.45) is 0 Å². The van der Waals surface area contributed by atoms with Crippen molar-refractivity contribution in [1.82, 2.24) is 10.3 Å². The highest BCUT2D eigenvalue weighted by atomic mass is 35.5. The van der Waals surface area contributed by atoms with Crippen LogP contribution in [0, 0.1) is 6.92 Å². The van der Waals surface area contributed by atoms with E-state index in [0.717, 1.165) is 35.7 Å². The van der Waals surface area contributed by atoms with Crippen LogP contribution in [0.4, 0.5) is 0 Å². The first-order valence-electron chi connectivity index (χ1n) is 6.28. The van der Waals surface area contributed by atoms with Gasteiger partial charge in [-0.05, 0) is 37.2 Å². The number of halogens is 1. The average Bonchev–Trinajstić information content (AvgIpc) is 2.42. The van der Waals surface area contributed by atoms with Crippen molar-refractivity contribution in [2.75, 3.05) is 6.54 Å². The molecule has 4 heteroatoms. The Morgan fingerprint density at radius 2 is 2.11 bits per heavy atom. The molecule has 0 fully saturated rings. The van der Waals surface area contributed by atoms with Crippen molar-refractivity contribution >= 4 is 11.6 Å². The summed E-state index contributed by atoms with van der Waals surface area (Å²) in [5.74, 6) is 1.52. The second-order valence-corrected chi connectivity index (χ2v) is 4.71. The highest BCUT2D eigenvalue weighted by molar-refractivity contribution is 6.30. The van der Waals surface area contributed by atoms with E-state index in [0.29, 0.717) is 5.02 Å². The largest absolute Gasteiger partial charge is 0.455 e. The van der Waals surface area contributed by atoms with Crippen LogP contribution in [-0.4, -0.2) is 11.5 Å². The summed E-state index contributed by atoms with van der Waals surface area (Å²) in [4.78, 5) is 4.12. The molecule has 2 rings (SSSR count). The fourth-order valence-corrected chi connectivity index (χ4v) is 1.87. The number of ether oxygens (including phenoxy) is 1. The van der Waals surface area contributed by atoms with Crippen molar-refractivity contribution in [3.63, 3.8) is 0 Å². The van der Waals surface area contributed by atoms with Crippen LogP contribution >= 0.6 is 11.6 Å². The summed E-state index contributed by atoms with van der Waals surface area (Å²) in [6, 6.07) is 7.57. The second-order valence-electron chi connectivity index (χ2n) is 4.28. The summed E-state index contributed by atoms with van der Waals surface area (Å²) >= 11 is 6.00. The van der Waals surface area contributed by atoms with Crippen LogP contribution < -0.4 is 10.1 Å². The number of benzene rings is 1. The van der Waals surface area contributed by atoms with Gasteiger partial charge in [-0.3, -0.25) is 4.98 Å². The first kappa shape index (κ1) is 13.8. The third-order valence-electron chi connectivity index (χ3n) is 2.81. The molecule has 0 unspecified atom stereocenters.